The number of amides is 1. The Labute approximate surface area is 148 Å². The fourth-order valence-electron chi connectivity index (χ4n) is 2.76. The number of aromatic nitrogens is 4. The number of nitrogens with zero attached hydrogens (tertiary/aromatic N) is 2. The Kier molecular flexibility index (Phi) is 4.03. The maximum atomic E-state index is 12.4. The van der Waals surface area contributed by atoms with E-state index in [1.165, 1.54) is 0 Å². The van der Waals surface area contributed by atoms with Crippen LogP contribution in [0, 0.1) is 0 Å². The lowest BCUT2D eigenvalue weighted by Crippen LogP contribution is -2.25. The highest BCUT2D eigenvalue weighted by atomic mass is 16.2. The molecule has 4 rings (SSSR count). The molecule has 2 heterocycles. The SMILES string of the molecule is O=C(NCc1n[nH]c(=O)c2ccccc12)c1cc(-c2ccccc2)n[nH]1. The molecule has 2 aromatic carbocycles. The van der Waals surface area contributed by atoms with Gasteiger partial charge in [-0.05, 0) is 12.1 Å². The van der Waals surface area contributed by atoms with Gasteiger partial charge in [-0.1, -0.05) is 48.5 Å². The van der Waals surface area contributed by atoms with Crippen molar-refractivity contribution in [3.05, 3.63) is 82.4 Å². The van der Waals surface area contributed by atoms with Gasteiger partial charge in [0.25, 0.3) is 11.5 Å². The highest BCUT2D eigenvalue weighted by Gasteiger charge is 2.12. The minimum Gasteiger partial charge on any atom is -0.345 e. The summed E-state index contributed by atoms with van der Waals surface area (Å²) in [5.74, 6) is -0.295. The van der Waals surface area contributed by atoms with Gasteiger partial charge in [0, 0.05) is 10.9 Å². The van der Waals surface area contributed by atoms with Crippen LogP contribution in [0.2, 0.25) is 0 Å². The Bertz CT molecular complexity index is 1130. The number of hydrogen-bond acceptors (Lipinski definition) is 4. The van der Waals surface area contributed by atoms with Gasteiger partial charge in [0.05, 0.1) is 23.3 Å². The fraction of sp³-hybridized carbons (Fsp3) is 0.0526. The van der Waals surface area contributed by atoms with E-state index in [0.717, 1.165) is 5.56 Å². The van der Waals surface area contributed by atoms with Crippen molar-refractivity contribution in [3.8, 4) is 11.3 Å². The zero-order valence-corrected chi connectivity index (χ0v) is 13.7. The molecular formula is C19H15N5O2. The molecule has 0 aliphatic carbocycles. The van der Waals surface area contributed by atoms with Crippen molar-refractivity contribution in [2.45, 2.75) is 6.54 Å². The summed E-state index contributed by atoms with van der Waals surface area (Å²) in [6.07, 6.45) is 0. The number of H-pyrrole nitrogens is 2. The second kappa shape index (κ2) is 6.64. The summed E-state index contributed by atoms with van der Waals surface area (Å²) in [4.78, 5) is 24.2. The van der Waals surface area contributed by atoms with Crippen LogP contribution < -0.4 is 10.9 Å². The van der Waals surface area contributed by atoms with Gasteiger partial charge in [-0.2, -0.15) is 10.2 Å². The lowest BCUT2D eigenvalue weighted by molar-refractivity contribution is 0.0945. The molecule has 0 atom stereocenters. The number of carbonyl (C=O) groups excluding carboxylic acids is 1. The van der Waals surface area contributed by atoms with Gasteiger partial charge in [0.2, 0.25) is 0 Å². The van der Waals surface area contributed by atoms with Gasteiger partial charge < -0.3 is 5.32 Å². The van der Waals surface area contributed by atoms with E-state index in [4.69, 9.17) is 0 Å². The van der Waals surface area contributed by atoms with Gasteiger partial charge in [0.15, 0.2) is 0 Å². The van der Waals surface area contributed by atoms with Crippen LogP contribution >= 0.6 is 0 Å². The van der Waals surface area contributed by atoms with E-state index in [-0.39, 0.29) is 18.0 Å². The molecule has 0 aliphatic heterocycles. The van der Waals surface area contributed by atoms with Gasteiger partial charge in [-0.15, -0.1) is 0 Å². The van der Waals surface area contributed by atoms with Crippen LogP contribution in [0.25, 0.3) is 22.0 Å². The number of nitrogens with one attached hydrogen (secondary N) is 3. The molecule has 1 amide bonds. The lowest BCUT2D eigenvalue weighted by Gasteiger charge is -2.06. The zero-order valence-electron chi connectivity index (χ0n) is 13.7. The molecule has 128 valence electrons. The summed E-state index contributed by atoms with van der Waals surface area (Å²) >= 11 is 0. The van der Waals surface area contributed by atoms with Gasteiger partial charge >= 0.3 is 0 Å². The van der Waals surface area contributed by atoms with E-state index >= 15 is 0 Å². The lowest BCUT2D eigenvalue weighted by atomic mass is 10.1. The van der Waals surface area contributed by atoms with E-state index < -0.39 is 0 Å². The quantitative estimate of drug-likeness (QED) is 0.528. The van der Waals surface area contributed by atoms with E-state index in [2.05, 4.69) is 25.7 Å². The number of fused-ring (bicyclic) bond motifs is 1. The molecule has 0 saturated heterocycles. The molecule has 0 aliphatic rings. The van der Waals surface area contributed by atoms with Crippen LogP contribution in [0.1, 0.15) is 16.2 Å². The molecule has 4 aromatic rings. The van der Waals surface area contributed by atoms with Crippen molar-refractivity contribution in [2.75, 3.05) is 0 Å². The fourth-order valence-corrected chi connectivity index (χ4v) is 2.76. The Hall–Kier alpha value is -3.74. The number of hydrogen-bond donors (Lipinski definition) is 3. The third-order valence-electron chi connectivity index (χ3n) is 4.08. The Morgan fingerprint density at radius 2 is 1.65 bits per heavy atom. The monoisotopic (exact) mass is 345 g/mol. The van der Waals surface area contributed by atoms with Gasteiger partial charge in [-0.3, -0.25) is 14.7 Å². The molecular weight excluding hydrogens is 330 g/mol. The van der Waals surface area contributed by atoms with Gasteiger partial charge in [0.1, 0.15) is 5.69 Å². The number of aromatic amines is 2. The average Bonchev–Trinajstić information content (AvgIpc) is 3.19. The predicted octanol–water partition coefficient (Wildman–Crippen LogP) is 2.24. The first-order valence-corrected chi connectivity index (χ1v) is 8.08. The van der Waals surface area contributed by atoms with Crippen LogP contribution in [-0.4, -0.2) is 26.3 Å². The number of benzene rings is 2. The molecule has 0 bridgehead atoms. The molecule has 7 heteroatoms. The number of carbonyl (C=O) groups is 1. The third kappa shape index (κ3) is 2.98. The standard InChI is InChI=1S/C19H15N5O2/c25-18-14-9-5-4-8-13(14)17(23-24-18)11-20-19(26)16-10-15(21-22-16)12-6-2-1-3-7-12/h1-10H,11H2,(H,20,26)(H,21,22)(H,24,25). The Balaban J connectivity index is 1.53. The topological polar surface area (TPSA) is 104 Å². The molecule has 2 aromatic heterocycles. The van der Waals surface area contributed by atoms with Crippen molar-refractivity contribution in [3.63, 3.8) is 0 Å². The Morgan fingerprint density at radius 3 is 2.46 bits per heavy atom. The summed E-state index contributed by atoms with van der Waals surface area (Å²) in [5, 5.41) is 17.5. The second-order valence-corrected chi connectivity index (χ2v) is 5.76. The highest BCUT2D eigenvalue weighted by Crippen LogP contribution is 2.17. The van der Waals surface area contributed by atoms with Crippen LogP contribution in [-0.2, 0) is 6.54 Å². The Morgan fingerprint density at radius 1 is 0.923 bits per heavy atom. The molecule has 0 saturated carbocycles. The first-order chi connectivity index (χ1) is 12.7. The zero-order chi connectivity index (χ0) is 17.9. The second-order valence-electron chi connectivity index (χ2n) is 5.76. The van der Waals surface area contributed by atoms with E-state index in [0.29, 0.717) is 27.9 Å². The maximum Gasteiger partial charge on any atom is 0.272 e. The minimum absolute atomic E-state index is 0.190. The van der Waals surface area contributed by atoms with E-state index in [9.17, 15) is 9.59 Å². The summed E-state index contributed by atoms with van der Waals surface area (Å²) in [7, 11) is 0. The largest absolute Gasteiger partial charge is 0.345 e. The van der Waals surface area contributed by atoms with Gasteiger partial charge in [-0.25, -0.2) is 5.10 Å². The molecule has 26 heavy (non-hydrogen) atoms. The average molecular weight is 345 g/mol. The molecule has 0 radical (unpaired) electrons. The smallest absolute Gasteiger partial charge is 0.272 e. The first-order valence-electron chi connectivity index (χ1n) is 8.08. The molecule has 0 unspecified atom stereocenters. The molecule has 0 spiro atoms. The van der Waals surface area contributed by atoms with Crippen molar-refractivity contribution < 1.29 is 4.79 Å². The van der Waals surface area contributed by atoms with Crippen molar-refractivity contribution >= 4 is 16.7 Å². The minimum atomic E-state index is -0.295. The summed E-state index contributed by atoms with van der Waals surface area (Å²) in [6, 6.07) is 18.4. The normalized spacial score (nSPS) is 10.8. The predicted molar refractivity (Wildman–Crippen MR) is 97.6 cm³/mol. The van der Waals surface area contributed by atoms with Crippen molar-refractivity contribution in [1.82, 2.24) is 25.7 Å². The van der Waals surface area contributed by atoms with Crippen LogP contribution in [0.5, 0.6) is 0 Å². The summed E-state index contributed by atoms with van der Waals surface area (Å²) in [6.45, 7) is 0.190. The van der Waals surface area contributed by atoms with Crippen molar-refractivity contribution in [1.29, 1.82) is 0 Å². The number of rotatable bonds is 4. The highest BCUT2D eigenvalue weighted by molar-refractivity contribution is 5.93. The third-order valence-corrected chi connectivity index (χ3v) is 4.08. The van der Waals surface area contributed by atoms with Crippen LogP contribution in [0.4, 0.5) is 0 Å². The van der Waals surface area contributed by atoms with E-state index in [1.807, 2.05) is 42.5 Å². The first kappa shape index (κ1) is 15.8. The van der Waals surface area contributed by atoms with Crippen molar-refractivity contribution in [2.24, 2.45) is 0 Å². The van der Waals surface area contributed by atoms with Crippen LogP contribution in [0.15, 0.2) is 65.5 Å². The maximum absolute atomic E-state index is 12.4. The summed E-state index contributed by atoms with van der Waals surface area (Å²) < 4.78 is 0. The molecule has 3 N–H and O–H groups in total. The van der Waals surface area contributed by atoms with Crippen LogP contribution in [0.3, 0.4) is 0 Å². The molecule has 7 nitrogen and oxygen atoms in total. The molecule has 0 fully saturated rings. The summed E-state index contributed by atoms with van der Waals surface area (Å²) in [5.41, 5.74) is 2.32. The van der Waals surface area contributed by atoms with E-state index in [1.54, 1.807) is 18.2 Å².